The summed E-state index contributed by atoms with van der Waals surface area (Å²) in [6, 6.07) is 6.08. The van der Waals surface area contributed by atoms with Crippen LogP contribution in [0.1, 0.15) is 24.0 Å². The Kier molecular flexibility index (Phi) is 5.11. The molecule has 2 heterocycles. The standard InChI is InChI=1S/C18H22ClN5O/c1-11-6-12(8-13(19)7-11)15-9-22-18(21)16(10-23-25)17(15)24-4-2-14(20)3-5-24/h6-10,14,25H,2-5,20H2,1H3,(H2,21,22). The van der Waals surface area contributed by atoms with Gasteiger partial charge in [-0.1, -0.05) is 22.8 Å². The zero-order valence-electron chi connectivity index (χ0n) is 14.1. The number of anilines is 2. The fourth-order valence-corrected chi connectivity index (χ4v) is 3.57. The maximum atomic E-state index is 9.09. The molecule has 2 aromatic rings. The zero-order valence-corrected chi connectivity index (χ0v) is 14.9. The van der Waals surface area contributed by atoms with Crippen molar-refractivity contribution in [2.24, 2.45) is 10.9 Å². The largest absolute Gasteiger partial charge is 0.411 e. The molecular formula is C18H22ClN5O. The number of nitrogens with zero attached hydrogens (tertiary/aromatic N) is 3. The van der Waals surface area contributed by atoms with Gasteiger partial charge in [0.2, 0.25) is 0 Å². The molecule has 7 heteroatoms. The van der Waals surface area contributed by atoms with E-state index >= 15 is 0 Å². The zero-order chi connectivity index (χ0) is 18.0. The van der Waals surface area contributed by atoms with Gasteiger partial charge in [-0.25, -0.2) is 4.98 Å². The van der Waals surface area contributed by atoms with E-state index in [0.29, 0.717) is 16.4 Å². The Labute approximate surface area is 152 Å². The molecule has 0 aliphatic carbocycles. The second-order valence-corrected chi connectivity index (χ2v) is 6.84. The molecule has 1 fully saturated rings. The highest BCUT2D eigenvalue weighted by Gasteiger charge is 2.23. The summed E-state index contributed by atoms with van der Waals surface area (Å²) in [5.41, 5.74) is 16.5. The average molecular weight is 360 g/mol. The van der Waals surface area contributed by atoms with Crippen molar-refractivity contribution >= 4 is 29.3 Å². The van der Waals surface area contributed by atoms with Gasteiger partial charge in [-0.05, 0) is 43.0 Å². The number of nitrogens with two attached hydrogens (primary N) is 2. The van der Waals surface area contributed by atoms with Gasteiger partial charge in [0.05, 0.1) is 17.5 Å². The number of hydrogen-bond donors (Lipinski definition) is 3. The van der Waals surface area contributed by atoms with Gasteiger partial charge in [0.25, 0.3) is 0 Å². The van der Waals surface area contributed by atoms with Gasteiger partial charge < -0.3 is 21.6 Å². The Balaban J connectivity index is 2.19. The lowest BCUT2D eigenvalue weighted by molar-refractivity contribution is 0.322. The molecule has 0 radical (unpaired) electrons. The van der Waals surface area contributed by atoms with Crippen LogP contribution in [0.25, 0.3) is 11.1 Å². The van der Waals surface area contributed by atoms with Crippen LogP contribution in [0.5, 0.6) is 0 Å². The Hall–Kier alpha value is -2.31. The number of halogens is 1. The van der Waals surface area contributed by atoms with Crippen LogP contribution < -0.4 is 16.4 Å². The summed E-state index contributed by atoms with van der Waals surface area (Å²) in [6.45, 7) is 3.61. The predicted octanol–water partition coefficient (Wildman–Crippen LogP) is 3.03. The fraction of sp³-hybridized carbons (Fsp3) is 0.333. The minimum atomic E-state index is 0.210. The molecule has 1 aliphatic rings. The Bertz CT molecular complexity index is 780. The third-order valence-corrected chi connectivity index (χ3v) is 4.73. The summed E-state index contributed by atoms with van der Waals surface area (Å²) in [7, 11) is 0. The topological polar surface area (TPSA) is 101 Å². The summed E-state index contributed by atoms with van der Waals surface area (Å²) in [5.74, 6) is 0.324. The molecule has 0 bridgehead atoms. The van der Waals surface area contributed by atoms with Gasteiger partial charge in [0.1, 0.15) is 5.82 Å². The molecule has 3 rings (SSSR count). The molecule has 0 atom stereocenters. The van der Waals surface area contributed by atoms with Gasteiger partial charge in [-0.2, -0.15) is 0 Å². The van der Waals surface area contributed by atoms with Crippen LogP contribution in [0.2, 0.25) is 5.02 Å². The summed E-state index contributed by atoms with van der Waals surface area (Å²) in [6.07, 6.45) is 4.88. The second kappa shape index (κ2) is 7.29. The van der Waals surface area contributed by atoms with E-state index < -0.39 is 0 Å². The van der Waals surface area contributed by atoms with Crippen molar-refractivity contribution in [3.8, 4) is 11.1 Å². The van der Waals surface area contributed by atoms with E-state index in [1.54, 1.807) is 6.20 Å². The van der Waals surface area contributed by atoms with Crippen molar-refractivity contribution in [2.45, 2.75) is 25.8 Å². The third kappa shape index (κ3) is 3.70. The van der Waals surface area contributed by atoms with E-state index in [0.717, 1.165) is 48.3 Å². The van der Waals surface area contributed by atoms with Crippen molar-refractivity contribution in [2.75, 3.05) is 23.7 Å². The highest BCUT2D eigenvalue weighted by Crippen LogP contribution is 2.37. The lowest BCUT2D eigenvalue weighted by Crippen LogP contribution is -2.40. The lowest BCUT2D eigenvalue weighted by atomic mass is 9.97. The van der Waals surface area contributed by atoms with E-state index in [9.17, 15) is 0 Å². The molecule has 0 spiro atoms. The van der Waals surface area contributed by atoms with Crippen molar-refractivity contribution < 1.29 is 5.21 Å². The minimum absolute atomic E-state index is 0.210. The Morgan fingerprint density at radius 3 is 2.68 bits per heavy atom. The number of aromatic nitrogens is 1. The van der Waals surface area contributed by atoms with Crippen LogP contribution in [-0.2, 0) is 0 Å². The van der Waals surface area contributed by atoms with Gasteiger partial charge in [0, 0.05) is 35.9 Å². The monoisotopic (exact) mass is 359 g/mol. The van der Waals surface area contributed by atoms with Crippen LogP contribution in [0, 0.1) is 6.92 Å². The summed E-state index contributed by atoms with van der Waals surface area (Å²) < 4.78 is 0. The van der Waals surface area contributed by atoms with Crippen LogP contribution in [0.3, 0.4) is 0 Å². The maximum absolute atomic E-state index is 9.09. The van der Waals surface area contributed by atoms with E-state index in [-0.39, 0.29) is 6.04 Å². The van der Waals surface area contributed by atoms with Crippen LogP contribution in [0.15, 0.2) is 29.6 Å². The van der Waals surface area contributed by atoms with Gasteiger partial charge >= 0.3 is 0 Å². The third-order valence-electron chi connectivity index (χ3n) is 4.51. The van der Waals surface area contributed by atoms with Gasteiger partial charge in [-0.15, -0.1) is 0 Å². The minimum Gasteiger partial charge on any atom is -0.411 e. The van der Waals surface area contributed by atoms with Crippen LogP contribution in [-0.4, -0.2) is 35.5 Å². The van der Waals surface area contributed by atoms with Crippen molar-refractivity contribution in [1.82, 2.24) is 4.98 Å². The number of oxime groups is 1. The normalized spacial score (nSPS) is 15.9. The first-order chi connectivity index (χ1) is 12.0. The first-order valence-corrected chi connectivity index (χ1v) is 8.61. The molecule has 1 saturated heterocycles. The van der Waals surface area contributed by atoms with E-state index in [1.165, 1.54) is 6.21 Å². The van der Waals surface area contributed by atoms with Crippen molar-refractivity contribution in [1.29, 1.82) is 0 Å². The molecule has 132 valence electrons. The Morgan fingerprint density at radius 1 is 1.32 bits per heavy atom. The number of pyridine rings is 1. The van der Waals surface area contributed by atoms with Crippen molar-refractivity contribution in [3.05, 3.63) is 40.5 Å². The van der Waals surface area contributed by atoms with Gasteiger partial charge in [-0.3, -0.25) is 0 Å². The maximum Gasteiger partial charge on any atom is 0.134 e. The van der Waals surface area contributed by atoms with Crippen LogP contribution >= 0.6 is 11.6 Å². The molecule has 6 nitrogen and oxygen atoms in total. The van der Waals surface area contributed by atoms with E-state index in [2.05, 4.69) is 21.1 Å². The predicted molar refractivity (Wildman–Crippen MR) is 103 cm³/mol. The molecule has 25 heavy (non-hydrogen) atoms. The number of benzene rings is 1. The SMILES string of the molecule is Cc1cc(Cl)cc(-c2cnc(N)c(C=NO)c2N2CCC(N)CC2)c1. The highest BCUT2D eigenvalue weighted by atomic mass is 35.5. The number of rotatable bonds is 3. The summed E-state index contributed by atoms with van der Waals surface area (Å²) in [5, 5.41) is 12.9. The first-order valence-electron chi connectivity index (χ1n) is 8.23. The summed E-state index contributed by atoms with van der Waals surface area (Å²) in [4.78, 5) is 6.51. The molecule has 5 N–H and O–H groups in total. The Morgan fingerprint density at radius 2 is 2.04 bits per heavy atom. The molecule has 0 unspecified atom stereocenters. The lowest BCUT2D eigenvalue weighted by Gasteiger charge is -2.34. The summed E-state index contributed by atoms with van der Waals surface area (Å²) >= 11 is 6.25. The number of hydrogen-bond acceptors (Lipinski definition) is 6. The van der Waals surface area contributed by atoms with Gasteiger partial charge in [0.15, 0.2) is 0 Å². The highest BCUT2D eigenvalue weighted by molar-refractivity contribution is 6.31. The molecular weight excluding hydrogens is 338 g/mol. The quantitative estimate of drug-likeness (QED) is 0.444. The van der Waals surface area contributed by atoms with E-state index in [4.69, 9.17) is 28.3 Å². The smallest absolute Gasteiger partial charge is 0.134 e. The number of nitrogen functional groups attached to an aromatic ring is 1. The molecule has 1 aromatic carbocycles. The molecule has 1 aliphatic heterocycles. The number of aryl methyl sites for hydroxylation is 1. The molecule has 1 aromatic heterocycles. The van der Waals surface area contributed by atoms with Crippen LogP contribution in [0.4, 0.5) is 11.5 Å². The second-order valence-electron chi connectivity index (χ2n) is 6.41. The first kappa shape index (κ1) is 17.5. The molecule has 0 amide bonds. The number of piperidine rings is 1. The van der Waals surface area contributed by atoms with Crippen molar-refractivity contribution in [3.63, 3.8) is 0 Å². The van der Waals surface area contributed by atoms with E-state index in [1.807, 2.05) is 19.1 Å². The molecule has 0 saturated carbocycles. The average Bonchev–Trinajstić information content (AvgIpc) is 2.57. The fourth-order valence-electron chi connectivity index (χ4n) is 3.28.